The van der Waals surface area contributed by atoms with Gasteiger partial charge >= 0.3 is 6.18 Å². The standard InChI is InChI=1S/C16H21F3O2/c1-11-5-4-8-15(10-11,21-2)14(20)12-6-3-7-13(9-12)16(17,18)19/h3,6-7,9,11,14,20H,4-5,8,10H2,1-2H3. The van der Waals surface area contributed by atoms with Crippen molar-refractivity contribution in [3.63, 3.8) is 0 Å². The van der Waals surface area contributed by atoms with E-state index in [0.29, 0.717) is 18.8 Å². The number of methoxy groups -OCH3 is 1. The monoisotopic (exact) mass is 302 g/mol. The fourth-order valence-corrected chi connectivity index (χ4v) is 3.28. The van der Waals surface area contributed by atoms with Gasteiger partial charge in [0.1, 0.15) is 6.10 Å². The molecule has 1 fully saturated rings. The first-order valence-corrected chi connectivity index (χ1v) is 7.19. The molecule has 2 nitrogen and oxygen atoms in total. The molecule has 1 aromatic carbocycles. The Morgan fingerprint density at radius 3 is 2.67 bits per heavy atom. The predicted molar refractivity (Wildman–Crippen MR) is 73.8 cm³/mol. The zero-order valence-corrected chi connectivity index (χ0v) is 12.3. The Kier molecular flexibility index (Phi) is 4.63. The van der Waals surface area contributed by atoms with E-state index < -0.39 is 23.4 Å². The molecule has 1 N–H and O–H groups in total. The van der Waals surface area contributed by atoms with Gasteiger partial charge in [-0.15, -0.1) is 0 Å². The van der Waals surface area contributed by atoms with Crippen LogP contribution in [0.25, 0.3) is 0 Å². The Morgan fingerprint density at radius 2 is 2.10 bits per heavy atom. The van der Waals surface area contributed by atoms with E-state index >= 15 is 0 Å². The van der Waals surface area contributed by atoms with Crippen LogP contribution in [0.2, 0.25) is 0 Å². The number of benzene rings is 1. The summed E-state index contributed by atoms with van der Waals surface area (Å²) in [6.45, 7) is 2.08. The molecule has 1 saturated carbocycles. The van der Waals surface area contributed by atoms with Crippen molar-refractivity contribution in [2.24, 2.45) is 5.92 Å². The number of ether oxygens (including phenoxy) is 1. The summed E-state index contributed by atoms with van der Waals surface area (Å²) in [4.78, 5) is 0. The lowest BCUT2D eigenvalue weighted by molar-refractivity contribution is -0.140. The van der Waals surface area contributed by atoms with E-state index in [1.807, 2.05) is 0 Å². The summed E-state index contributed by atoms with van der Waals surface area (Å²) < 4.78 is 44.0. The quantitative estimate of drug-likeness (QED) is 0.900. The molecule has 0 aromatic heterocycles. The Morgan fingerprint density at radius 1 is 1.38 bits per heavy atom. The summed E-state index contributed by atoms with van der Waals surface area (Å²) in [6, 6.07) is 4.89. The molecule has 5 heteroatoms. The van der Waals surface area contributed by atoms with Crippen molar-refractivity contribution >= 4 is 0 Å². The number of aliphatic hydroxyl groups is 1. The van der Waals surface area contributed by atoms with Crippen LogP contribution in [0.1, 0.15) is 49.8 Å². The highest BCUT2D eigenvalue weighted by Gasteiger charge is 2.42. The number of halogens is 3. The number of aliphatic hydroxyl groups excluding tert-OH is 1. The first-order chi connectivity index (χ1) is 9.78. The minimum atomic E-state index is -4.41. The highest BCUT2D eigenvalue weighted by Crippen LogP contribution is 2.44. The maximum absolute atomic E-state index is 12.8. The topological polar surface area (TPSA) is 29.5 Å². The van der Waals surface area contributed by atoms with Crippen molar-refractivity contribution in [3.05, 3.63) is 35.4 Å². The molecule has 3 unspecified atom stereocenters. The van der Waals surface area contributed by atoms with Gasteiger partial charge in [-0.2, -0.15) is 13.2 Å². The molecular formula is C16H21F3O2. The predicted octanol–water partition coefficient (Wildman–Crippen LogP) is 4.33. The summed E-state index contributed by atoms with van der Waals surface area (Å²) in [5, 5.41) is 10.6. The molecule has 2 rings (SSSR count). The Bertz CT molecular complexity index is 487. The number of rotatable bonds is 3. The average Bonchev–Trinajstić information content (AvgIpc) is 2.45. The van der Waals surface area contributed by atoms with Crippen LogP contribution in [-0.4, -0.2) is 17.8 Å². The highest BCUT2D eigenvalue weighted by molar-refractivity contribution is 5.29. The molecule has 3 atom stereocenters. The van der Waals surface area contributed by atoms with Gasteiger partial charge in [-0.25, -0.2) is 0 Å². The molecule has 0 amide bonds. The van der Waals surface area contributed by atoms with Crippen LogP contribution in [0, 0.1) is 5.92 Å². The van der Waals surface area contributed by atoms with Gasteiger partial charge < -0.3 is 9.84 Å². The Balaban J connectivity index is 2.31. The fourth-order valence-electron chi connectivity index (χ4n) is 3.28. The van der Waals surface area contributed by atoms with E-state index in [9.17, 15) is 18.3 Å². The van der Waals surface area contributed by atoms with Crippen molar-refractivity contribution in [2.75, 3.05) is 7.11 Å². The zero-order valence-electron chi connectivity index (χ0n) is 12.3. The summed E-state index contributed by atoms with van der Waals surface area (Å²) >= 11 is 0. The van der Waals surface area contributed by atoms with E-state index in [1.54, 1.807) is 0 Å². The second kappa shape index (κ2) is 5.97. The van der Waals surface area contributed by atoms with Gasteiger partial charge in [0, 0.05) is 7.11 Å². The highest BCUT2D eigenvalue weighted by atomic mass is 19.4. The molecule has 1 aromatic rings. The van der Waals surface area contributed by atoms with Gasteiger partial charge in [-0.3, -0.25) is 0 Å². The first-order valence-electron chi connectivity index (χ1n) is 7.19. The number of alkyl halides is 3. The van der Waals surface area contributed by atoms with Gasteiger partial charge in [-0.05, 0) is 36.5 Å². The van der Waals surface area contributed by atoms with Gasteiger partial charge in [0.2, 0.25) is 0 Å². The summed E-state index contributed by atoms with van der Waals surface area (Å²) in [7, 11) is 1.52. The maximum Gasteiger partial charge on any atom is 0.416 e. The summed E-state index contributed by atoms with van der Waals surface area (Å²) in [5.74, 6) is 0.388. The molecular weight excluding hydrogens is 281 g/mol. The molecule has 0 spiro atoms. The largest absolute Gasteiger partial charge is 0.416 e. The molecule has 21 heavy (non-hydrogen) atoms. The third-order valence-electron chi connectivity index (χ3n) is 4.43. The van der Waals surface area contributed by atoms with Crippen molar-refractivity contribution in [1.29, 1.82) is 0 Å². The van der Waals surface area contributed by atoms with E-state index in [2.05, 4.69) is 6.92 Å². The number of hydrogen-bond donors (Lipinski definition) is 1. The van der Waals surface area contributed by atoms with Crippen LogP contribution in [-0.2, 0) is 10.9 Å². The molecule has 0 bridgehead atoms. The molecule has 0 radical (unpaired) electrons. The lowest BCUT2D eigenvalue weighted by Crippen LogP contribution is -2.42. The lowest BCUT2D eigenvalue weighted by atomic mass is 9.74. The van der Waals surface area contributed by atoms with Crippen LogP contribution in [0.15, 0.2) is 24.3 Å². The first kappa shape index (κ1) is 16.3. The third-order valence-corrected chi connectivity index (χ3v) is 4.43. The van der Waals surface area contributed by atoms with E-state index in [4.69, 9.17) is 4.74 Å². The third kappa shape index (κ3) is 3.40. The van der Waals surface area contributed by atoms with E-state index in [1.165, 1.54) is 19.2 Å². The van der Waals surface area contributed by atoms with Gasteiger partial charge in [0.15, 0.2) is 0 Å². The van der Waals surface area contributed by atoms with Crippen molar-refractivity contribution in [1.82, 2.24) is 0 Å². The van der Waals surface area contributed by atoms with Crippen LogP contribution >= 0.6 is 0 Å². The van der Waals surface area contributed by atoms with Crippen LogP contribution in [0.3, 0.4) is 0 Å². The maximum atomic E-state index is 12.8. The van der Waals surface area contributed by atoms with Gasteiger partial charge in [-0.1, -0.05) is 31.9 Å². The molecule has 1 aliphatic rings. The normalized spacial score (nSPS) is 28.4. The van der Waals surface area contributed by atoms with Crippen LogP contribution in [0.4, 0.5) is 13.2 Å². The van der Waals surface area contributed by atoms with Crippen molar-refractivity contribution < 1.29 is 23.0 Å². The van der Waals surface area contributed by atoms with Crippen molar-refractivity contribution in [3.8, 4) is 0 Å². The smallest absolute Gasteiger partial charge is 0.385 e. The zero-order chi connectivity index (χ0) is 15.7. The summed E-state index contributed by atoms with van der Waals surface area (Å²) in [6.07, 6.45) is -2.18. The molecule has 0 saturated heterocycles. The van der Waals surface area contributed by atoms with E-state index in [0.717, 1.165) is 25.0 Å². The Labute approximate surface area is 122 Å². The van der Waals surface area contributed by atoms with Crippen LogP contribution < -0.4 is 0 Å². The molecule has 0 heterocycles. The van der Waals surface area contributed by atoms with Crippen molar-refractivity contribution in [2.45, 2.75) is 50.5 Å². The molecule has 118 valence electrons. The molecule has 0 aliphatic heterocycles. The SMILES string of the molecule is COC1(C(O)c2cccc(C(F)(F)F)c2)CCCC(C)C1. The lowest BCUT2D eigenvalue weighted by Gasteiger charge is -2.42. The average molecular weight is 302 g/mol. The fraction of sp³-hybridized carbons (Fsp3) is 0.625. The van der Waals surface area contributed by atoms with Gasteiger partial charge in [0.25, 0.3) is 0 Å². The van der Waals surface area contributed by atoms with Crippen LogP contribution in [0.5, 0.6) is 0 Å². The second-order valence-electron chi connectivity index (χ2n) is 6.00. The van der Waals surface area contributed by atoms with Gasteiger partial charge in [0.05, 0.1) is 11.2 Å². The second-order valence-corrected chi connectivity index (χ2v) is 6.00. The summed E-state index contributed by atoms with van der Waals surface area (Å²) in [5.41, 5.74) is -1.27. The Hall–Kier alpha value is -1.07. The molecule has 1 aliphatic carbocycles. The number of hydrogen-bond acceptors (Lipinski definition) is 2. The van der Waals surface area contributed by atoms with E-state index in [-0.39, 0.29) is 5.56 Å². The minimum absolute atomic E-state index is 0.265. The minimum Gasteiger partial charge on any atom is -0.385 e.